The molecule has 0 fully saturated rings. The number of carbonyl (C=O) groups is 2. The summed E-state index contributed by atoms with van der Waals surface area (Å²) in [4.78, 5) is 24.7. The topological polar surface area (TPSA) is 72.6 Å². The van der Waals surface area contributed by atoms with Crippen molar-refractivity contribution in [2.45, 2.75) is 6.92 Å². The molecule has 0 saturated carbocycles. The number of anilines is 1. The van der Waals surface area contributed by atoms with Crippen LogP contribution >= 0.6 is 15.9 Å². The molecule has 98 valence electrons. The van der Waals surface area contributed by atoms with Gasteiger partial charge in [0.2, 0.25) is 0 Å². The molecule has 0 spiro atoms. The largest absolute Gasteiger partial charge is 0.465 e. The number of rotatable bonds is 4. The average Bonchev–Trinajstić information content (AvgIpc) is 2.31. The second kappa shape index (κ2) is 6.39. The molecule has 5 nitrogen and oxygen atoms in total. The van der Waals surface area contributed by atoms with Crippen LogP contribution in [0.3, 0.4) is 0 Å². The highest BCUT2D eigenvalue weighted by molar-refractivity contribution is 9.10. The number of likely N-dealkylation sites (N-methyl/N-ethyl adjacent to an activating group) is 1. The van der Waals surface area contributed by atoms with E-state index in [-0.39, 0.29) is 12.5 Å². The summed E-state index contributed by atoms with van der Waals surface area (Å²) in [5.41, 5.74) is 6.54. The van der Waals surface area contributed by atoms with Gasteiger partial charge in [-0.05, 0) is 41.1 Å². The molecule has 2 N–H and O–H groups in total. The van der Waals surface area contributed by atoms with E-state index in [2.05, 4.69) is 15.9 Å². The molecule has 0 heterocycles. The zero-order valence-electron chi connectivity index (χ0n) is 10.3. The molecule has 0 aliphatic carbocycles. The van der Waals surface area contributed by atoms with E-state index in [4.69, 9.17) is 10.5 Å². The molecular formula is C12H15BrN2O3. The fraction of sp³-hybridized carbons (Fsp3) is 0.333. The van der Waals surface area contributed by atoms with E-state index in [1.54, 1.807) is 25.1 Å². The van der Waals surface area contributed by atoms with Crippen LogP contribution in [0.25, 0.3) is 0 Å². The zero-order chi connectivity index (χ0) is 13.7. The number of ether oxygens (including phenoxy) is 1. The molecule has 0 aliphatic rings. The van der Waals surface area contributed by atoms with E-state index < -0.39 is 5.97 Å². The van der Waals surface area contributed by atoms with Crippen molar-refractivity contribution in [1.82, 2.24) is 4.90 Å². The van der Waals surface area contributed by atoms with Gasteiger partial charge in [0.15, 0.2) is 0 Å². The van der Waals surface area contributed by atoms with Gasteiger partial charge >= 0.3 is 5.97 Å². The Hall–Kier alpha value is -1.56. The third-order valence-corrected chi connectivity index (χ3v) is 2.93. The van der Waals surface area contributed by atoms with Crippen molar-refractivity contribution in [3.63, 3.8) is 0 Å². The number of hydrogen-bond donors (Lipinski definition) is 1. The van der Waals surface area contributed by atoms with Gasteiger partial charge in [-0.3, -0.25) is 9.59 Å². The molecule has 0 saturated heterocycles. The Labute approximate surface area is 114 Å². The molecule has 0 unspecified atom stereocenters. The van der Waals surface area contributed by atoms with Crippen LogP contribution in [0.5, 0.6) is 0 Å². The van der Waals surface area contributed by atoms with E-state index in [1.165, 1.54) is 11.9 Å². The fourth-order valence-corrected chi connectivity index (χ4v) is 1.80. The maximum atomic E-state index is 12.1. The lowest BCUT2D eigenvalue weighted by Crippen LogP contribution is -2.33. The van der Waals surface area contributed by atoms with Crippen LogP contribution in [0.15, 0.2) is 22.7 Å². The normalized spacial score (nSPS) is 9.94. The molecule has 1 amide bonds. The van der Waals surface area contributed by atoms with E-state index in [1.807, 2.05) is 0 Å². The highest BCUT2D eigenvalue weighted by atomic mass is 79.9. The molecule has 1 rings (SSSR count). The minimum atomic E-state index is -0.437. The van der Waals surface area contributed by atoms with Crippen molar-refractivity contribution in [3.05, 3.63) is 28.2 Å². The maximum absolute atomic E-state index is 12.1. The van der Waals surface area contributed by atoms with Crippen LogP contribution in [0.2, 0.25) is 0 Å². The molecular weight excluding hydrogens is 300 g/mol. The van der Waals surface area contributed by atoms with Crippen molar-refractivity contribution in [2.24, 2.45) is 0 Å². The number of nitrogen functional groups attached to an aromatic ring is 1. The Morgan fingerprint density at radius 2 is 2.11 bits per heavy atom. The summed E-state index contributed by atoms with van der Waals surface area (Å²) >= 11 is 3.28. The Morgan fingerprint density at radius 1 is 1.44 bits per heavy atom. The van der Waals surface area contributed by atoms with Crippen LogP contribution in [-0.2, 0) is 9.53 Å². The quantitative estimate of drug-likeness (QED) is 0.677. The number of benzene rings is 1. The lowest BCUT2D eigenvalue weighted by atomic mass is 10.2. The van der Waals surface area contributed by atoms with Crippen LogP contribution < -0.4 is 5.73 Å². The first kappa shape index (κ1) is 14.5. The second-order valence-electron chi connectivity index (χ2n) is 3.71. The summed E-state index contributed by atoms with van der Waals surface area (Å²) in [6, 6.07) is 4.95. The first-order valence-electron chi connectivity index (χ1n) is 5.41. The first-order chi connectivity index (χ1) is 8.45. The summed E-state index contributed by atoms with van der Waals surface area (Å²) < 4.78 is 5.42. The highest BCUT2D eigenvalue weighted by Crippen LogP contribution is 2.20. The van der Waals surface area contributed by atoms with Gasteiger partial charge in [0.05, 0.1) is 12.2 Å². The van der Waals surface area contributed by atoms with Gasteiger partial charge in [0, 0.05) is 17.2 Å². The van der Waals surface area contributed by atoms with Crippen molar-refractivity contribution in [3.8, 4) is 0 Å². The fourth-order valence-electron chi connectivity index (χ4n) is 1.38. The Bertz CT molecular complexity index is 463. The van der Waals surface area contributed by atoms with Crippen LogP contribution in [-0.4, -0.2) is 37.0 Å². The minimum Gasteiger partial charge on any atom is -0.465 e. The SMILES string of the molecule is CCOC(=O)CN(C)C(=O)c1cc(N)ccc1Br. The van der Waals surface area contributed by atoms with Gasteiger partial charge in [0.1, 0.15) is 6.54 Å². The molecule has 0 aromatic heterocycles. The highest BCUT2D eigenvalue weighted by Gasteiger charge is 2.18. The summed E-state index contributed by atoms with van der Waals surface area (Å²) in [7, 11) is 1.54. The molecule has 1 aromatic carbocycles. The van der Waals surface area contributed by atoms with Crippen molar-refractivity contribution in [1.29, 1.82) is 0 Å². The average molecular weight is 315 g/mol. The smallest absolute Gasteiger partial charge is 0.325 e. The molecule has 0 aliphatic heterocycles. The van der Waals surface area contributed by atoms with E-state index in [0.717, 1.165) is 0 Å². The lowest BCUT2D eigenvalue weighted by molar-refractivity contribution is -0.143. The summed E-state index contributed by atoms with van der Waals surface area (Å²) in [6.45, 7) is 1.92. The number of nitrogens with two attached hydrogens (primary N) is 1. The molecule has 6 heteroatoms. The van der Waals surface area contributed by atoms with Gasteiger partial charge < -0.3 is 15.4 Å². The van der Waals surface area contributed by atoms with Gasteiger partial charge in [-0.1, -0.05) is 0 Å². The molecule has 18 heavy (non-hydrogen) atoms. The summed E-state index contributed by atoms with van der Waals surface area (Å²) in [6.07, 6.45) is 0. The third kappa shape index (κ3) is 3.73. The number of halogens is 1. The van der Waals surface area contributed by atoms with Crippen LogP contribution in [0.1, 0.15) is 17.3 Å². The number of nitrogens with zero attached hydrogens (tertiary/aromatic N) is 1. The van der Waals surface area contributed by atoms with Crippen LogP contribution in [0, 0.1) is 0 Å². The lowest BCUT2D eigenvalue weighted by Gasteiger charge is -2.17. The second-order valence-corrected chi connectivity index (χ2v) is 4.56. The third-order valence-electron chi connectivity index (χ3n) is 2.24. The summed E-state index contributed by atoms with van der Waals surface area (Å²) in [5.74, 6) is -0.726. The Kier molecular flexibility index (Phi) is 5.15. The van der Waals surface area contributed by atoms with Crippen molar-refractivity contribution < 1.29 is 14.3 Å². The number of hydrogen-bond acceptors (Lipinski definition) is 4. The first-order valence-corrected chi connectivity index (χ1v) is 6.21. The van der Waals surface area contributed by atoms with Gasteiger partial charge in [0.25, 0.3) is 5.91 Å². The van der Waals surface area contributed by atoms with E-state index in [9.17, 15) is 9.59 Å². The number of carbonyl (C=O) groups excluding carboxylic acids is 2. The van der Waals surface area contributed by atoms with E-state index in [0.29, 0.717) is 22.3 Å². The van der Waals surface area contributed by atoms with Gasteiger partial charge in [-0.25, -0.2) is 0 Å². The van der Waals surface area contributed by atoms with E-state index >= 15 is 0 Å². The van der Waals surface area contributed by atoms with Crippen molar-refractivity contribution in [2.75, 3.05) is 25.9 Å². The number of esters is 1. The molecule has 0 atom stereocenters. The molecule has 0 radical (unpaired) electrons. The maximum Gasteiger partial charge on any atom is 0.325 e. The predicted molar refractivity (Wildman–Crippen MR) is 72.1 cm³/mol. The standard InChI is InChI=1S/C12H15BrN2O3/c1-3-18-11(16)7-15(2)12(17)9-6-8(14)4-5-10(9)13/h4-6H,3,7,14H2,1-2H3. The predicted octanol–water partition coefficient (Wildman–Crippen LogP) is 1.67. The monoisotopic (exact) mass is 314 g/mol. The van der Waals surface area contributed by atoms with Crippen molar-refractivity contribution >= 4 is 33.5 Å². The number of amides is 1. The Morgan fingerprint density at radius 3 is 2.72 bits per heavy atom. The summed E-state index contributed by atoms with van der Waals surface area (Å²) in [5, 5.41) is 0. The minimum absolute atomic E-state index is 0.0894. The molecule has 1 aromatic rings. The van der Waals surface area contributed by atoms with Gasteiger partial charge in [-0.15, -0.1) is 0 Å². The zero-order valence-corrected chi connectivity index (χ0v) is 11.9. The molecule has 0 bridgehead atoms. The van der Waals surface area contributed by atoms with Gasteiger partial charge in [-0.2, -0.15) is 0 Å². The van der Waals surface area contributed by atoms with Crippen LogP contribution in [0.4, 0.5) is 5.69 Å². The Balaban J connectivity index is 2.80.